The molecule has 116 valence electrons. The Morgan fingerprint density at radius 3 is 2.86 bits per heavy atom. The van der Waals surface area contributed by atoms with Crippen LogP contribution in [0.4, 0.5) is 0 Å². The van der Waals surface area contributed by atoms with E-state index in [-0.39, 0.29) is 24.2 Å². The van der Waals surface area contributed by atoms with Crippen LogP contribution in [-0.2, 0) is 11.3 Å². The van der Waals surface area contributed by atoms with E-state index in [0.29, 0.717) is 19.8 Å². The molecule has 1 aromatic rings. The first-order chi connectivity index (χ1) is 9.83. The third-order valence-electron chi connectivity index (χ3n) is 3.74. The van der Waals surface area contributed by atoms with Crippen LogP contribution in [0.5, 0.6) is 11.5 Å². The molecule has 1 atom stereocenters. The number of hydrogen-bond acceptors (Lipinski definition) is 4. The molecule has 1 saturated heterocycles. The largest absolute Gasteiger partial charge is 0.486 e. The summed E-state index contributed by atoms with van der Waals surface area (Å²) in [6.45, 7) is 3.51. The predicted molar refractivity (Wildman–Crippen MR) is 82.1 cm³/mol. The molecule has 2 aliphatic rings. The molecule has 6 heteroatoms. The number of fused-ring (bicyclic) bond motifs is 1. The van der Waals surface area contributed by atoms with Gasteiger partial charge in [0.15, 0.2) is 11.5 Å². The van der Waals surface area contributed by atoms with E-state index in [0.717, 1.165) is 43.0 Å². The Labute approximate surface area is 130 Å². The summed E-state index contributed by atoms with van der Waals surface area (Å²) in [5, 5.41) is 6.26. The van der Waals surface area contributed by atoms with Crippen LogP contribution in [0.15, 0.2) is 18.2 Å². The second-order valence-corrected chi connectivity index (χ2v) is 5.24. The van der Waals surface area contributed by atoms with Crippen molar-refractivity contribution in [3.63, 3.8) is 0 Å². The van der Waals surface area contributed by atoms with Gasteiger partial charge in [-0.25, -0.2) is 0 Å². The maximum Gasteiger partial charge on any atom is 0.224 e. The van der Waals surface area contributed by atoms with Crippen molar-refractivity contribution in [2.24, 2.45) is 5.92 Å². The van der Waals surface area contributed by atoms with Gasteiger partial charge in [-0.3, -0.25) is 4.79 Å². The molecule has 2 heterocycles. The highest BCUT2D eigenvalue weighted by Crippen LogP contribution is 2.30. The zero-order valence-electron chi connectivity index (χ0n) is 11.9. The fraction of sp³-hybridized carbons (Fsp3) is 0.533. The van der Waals surface area contributed by atoms with E-state index in [4.69, 9.17) is 9.47 Å². The van der Waals surface area contributed by atoms with Gasteiger partial charge in [-0.15, -0.1) is 12.4 Å². The van der Waals surface area contributed by atoms with E-state index in [9.17, 15) is 4.79 Å². The van der Waals surface area contributed by atoms with Gasteiger partial charge in [0, 0.05) is 13.1 Å². The lowest BCUT2D eigenvalue weighted by atomic mass is 9.99. The lowest BCUT2D eigenvalue weighted by Crippen LogP contribution is -2.40. The normalized spacial score (nSPS) is 20.3. The van der Waals surface area contributed by atoms with E-state index in [1.807, 2.05) is 18.2 Å². The summed E-state index contributed by atoms with van der Waals surface area (Å²) in [4.78, 5) is 12.1. The molecule has 0 aromatic heterocycles. The summed E-state index contributed by atoms with van der Waals surface area (Å²) < 4.78 is 11.0. The zero-order chi connectivity index (χ0) is 13.8. The average Bonchev–Trinajstić information content (AvgIpc) is 2.53. The minimum atomic E-state index is 0. The van der Waals surface area contributed by atoms with Crippen molar-refractivity contribution >= 4 is 18.3 Å². The van der Waals surface area contributed by atoms with E-state index in [1.54, 1.807) is 0 Å². The number of ether oxygens (including phenoxy) is 2. The molecule has 5 nitrogen and oxygen atoms in total. The van der Waals surface area contributed by atoms with Gasteiger partial charge >= 0.3 is 0 Å². The molecule has 1 fully saturated rings. The van der Waals surface area contributed by atoms with E-state index >= 15 is 0 Å². The third kappa shape index (κ3) is 4.02. The van der Waals surface area contributed by atoms with Gasteiger partial charge in [-0.1, -0.05) is 6.07 Å². The first kappa shape index (κ1) is 15.9. The molecular weight excluding hydrogens is 292 g/mol. The highest BCUT2D eigenvalue weighted by molar-refractivity contribution is 5.85. The summed E-state index contributed by atoms with van der Waals surface area (Å²) in [5.74, 6) is 1.78. The number of benzene rings is 1. The summed E-state index contributed by atoms with van der Waals surface area (Å²) in [6, 6.07) is 5.80. The number of piperidine rings is 1. The van der Waals surface area contributed by atoms with Crippen molar-refractivity contribution < 1.29 is 14.3 Å². The number of amides is 1. The number of rotatable bonds is 3. The topological polar surface area (TPSA) is 59.6 Å². The Morgan fingerprint density at radius 1 is 1.29 bits per heavy atom. The molecule has 1 aromatic carbocycles. The highest BCUT2D eigenvalue weighted by atomic mass is 35.5. The standard InChI is InChI=1S/C15H20N2O3.ClH/c18-15(12-2-1-5-16-10-12)17-9-11-3-4-13-14(8-11)20-7-6-19-13;/h3-4,8,12,16H,1-2,5-7,9-10H2,(H,17,18);1H. The van der Waals surface area contributed by atoms with Crippen molar-refractivity contribution in [3.05, 3.63) is 23.8 Å². The van der Waals surface area contributed by atoms with Crippen molar-refractivity contribution in [1.82, 2.24) is 10.6 Å². The van der Waals surface area contributed by atoms with Crippen molar-refractivity contribution in [1.29, 1.82) is 0 Å². The van der Waals surface area contributed by atoms with E-state index in [2.05, 4.69) is 10.6 Å². The van der Waals surface area contributed by atoms with Crippen LogP contribution in [0, 0.1) is 5.92 Å². The third-order valence-corrected chi connectivity index (χ3v) is 3.74. The predicted octanol–water partition coefficient (Wildman–Crippen LogP) is 1.50. The Kier molecular flexibility index (Phi) is 5.70. The van der Waals surface area contributed by atoms with Gasteiger partial charge in [-0.2, -0.15) is 0 Å². The molecule has 1 amide bonds. The molecule has 0 bridgehead atoms. The average molecular weight is 313 g/mol. The Morgan fingerprint density at radius 2 is 2.10 bits per heavy atom. The molecule has 21 heavy (non-hydrogen) atoms. The molecule has 2 N–H and O–H groups in total. The summed E-state index contributed by atoms with van der Waals surface area (Å²) in [7, 11) is 0. The van der Waals surface area contributed by atoms with Gasteiger partial charge in [0.25, 0.3) is 0 Å². The molecule has 1 unspecified atom stereocenters. The summed E-state index contributed by atoms with van der Waals surface area (Å²) >= 11 is 0. The molecular formula is C15H21ClN2O3. The maximum absolute atomic E-state index is 12.1. The van der Waals surface area contributed by atoms with Gasteiger partial charge in [0.2, 0.25) is 5.91 Å². The SMILES string of the molecule is Cl.O=C(NCc1ccc2c(c1)OCCO2)C1CCCNC1. The Bertz CT molecular complexity index is 490. The second kappa shape index (κ2) is 7.52. The van der Waals surface area contributed by atoms with Crippen LogP contribution in [0.2, 0.25) is 0 Å². The van der Waals surface area contributed by atoms with Gasteiger partial charge < -0.3 is 20.1 Å². The van der Waals surface area contributed by atoms with E-state index in [1.165, 1.54) is 0 Å². The van der Waals surface area contributed by atoms with Gasteiger partial charge in [0.05, 0.1) is 5.92 Å². The fourth-order valence-electron chi connectivity index (χ4n) is 2.61. The number of halogens is 1. The van der Waals surface area contributed by atoms with Crippen LogP contribution >= 0.6 is 12.4 Å². The minimum Gasteiger partial charge on any atom is -0.486 e. The minimum absolute atomic E-state index is 0. The van der Waals surface area contributed by atoms with Gasteiger partial charge in [0.1, 0.15) is 13.2 Å². The molecule has 3 rings (SSSR count). The summed E-state index contributed by atoms with van der Waals surface area (Å²) in [6.07, 6.45) is 2.04. The Balaban J connectivity index is 0.00000161. The second-order valence-electron chi connectivity index (χ2n) is 5.24. The van der Waals surface area contributed by atoms with Crippen LogP contribution < -0.4 is 20.1 Å². The number of hydrogen-bond donors (Lipinski definition) is 2. The van der Waals surface area contributed by atoms with Crippen molar-refractivity contribution in [2.45, 2.75) is 19.4 Å². The first-order valence-electron chi connectivity index (χ1n) is 7.20. The van der Waals surface area contributed by atoms with Crippen LogP contribution in [0.1, 0.15) is 18.4 Å². The number of carbonyl (C=O) groups is 1. The molecule has 0 radical (unpaired) electrons. The quantitative estimate of drug-likeness (QED) is 0.888. The zero-order valence-corrected chi connectivity index (χ0v) is 12.7. The smallest absolute Gasteiger partial charge is 0.224 e. The molecule has 0 saturated carbocycles. The molecule has 2 aliphatic heterocycles. The molecule has 0 aliphatic carbocycles. The van der Waals surface area contributed by atoms with Crippen molar-refractivity contribution in [2.75, 3.05) is 26.3 Å². The van der Waals surface area contributed by atoms with Crippen LogP contribution in [0.25, 0.3) is 0 Å². The van der Waals surface area contributed by atoms with E-state index < -0.39 is 0 Å². The molecule has 0 spiro atoms. The number of nitrogens with one attached hydrogen (secondary N) is 2. The van der Waals surface area contributed by atoms with Crippen LogP contribution in [0.3, 0.4) is 0 Å². The van der Waals surface area contributed by atoms with Gasteiger partial charge in [-0.05, 0) is 37.1 Å². The fourth-order valence-corrected chi connectivity index (χ4v) is 2.61. The van der Waals surface area contributed by atoms with Crippen LogP contribution in [-0.4, -0.2) is 32.2 Å². The lowest BCUT2D eigenvalue weighted by Gasteiger charge is -2.22. The maximum atomic E-state index is 12.1. The van der Waals surface area contributed by atoms with Crippen molar-refractivity contribution in [3.8, 4) is 11.5 Å². The lowest BCUT2D eigenvalue weighted by molar-refractivity contribution is -0.125. The highest BCUT2D eigenvalue weighted by Gasteiger charge is 2.20. The monoisotopic (exact) mass is 312 g/mol. The number of carbonyl (C=O) groups excluding carboxylic acids is 1. The summed E-state index contributed by atoms with van der Waals surface area (Å²) in [5.41, 5.74) is 1.03. The Hall–Kier alpha value is -1.46. The first-order valence-corrected chi connectivity index (χ1v) is 7.20.